The molecule has 2 aliphatic rings. The van der Waals surface area contributed by atoms with Crippen LogP contribution in [0.3, 0.4) is 0 Å². The topological polar surface area (TPSA) is 74.8 Å². The van der Waals surface area contributed by atoms with Gasteiger partial charge in [-0.05, 0) is 30.7 Å². The van der Waals surface area contributed by atoms with Gasteiger partial charge in [-0.1, -0.05) is 0 Å². The normalized spacial score (nSPS) is 16.7. The molecule has 0 aromatic heterocycles. The summed E-state index contributed by atoms with van der Waals surface area (Å²) in [6.45, 7) is 1.73. The summed E-state index contributed by atoms with van der Waals surface area (Å²) in [6, 6.07) is 4.72. The predicted octanol–water partition coefficient (Wildman–Crippen LogP) is 1.60. The van der Waals surface area contributed by atoms with Gasteiger partial charge in [0, 0.05) is 41.6 Å². The molecule has 4 amide bonds. The van der Waals surface area contributed by atoms with E-state index in [0.717, 1.165) is 9.80 Å². The molecule has 0 atom stereocenters. The van der Waals surface area contributed by atoms with Gasteiger partial charge in [-0.15, -0.1) is 0 Å². The molecule has 0 fully saturated rings. The Bertz CT molecular complexity index is 990. The molecular formula is C17H12N2O4. The fourth-order valence-electron chi connectivity index (χ4n) is 3.40. The Morgan fingerprint density at radius 2 is 1.17 bits per heavy atom. The zero-order valence-corrected chi connectivity index (χ0v) is 12.8. The van der Waals surface area contributed by atoms with E-state index in [4.69, 9.17) is 0 Å². The lowest BCUT2D eigenvalue weighted by atomic mass is 9.84. The number of aryl methyl sites for hydroxylation is 1. The predicted molar refractivity (Wildman–Crippen MR) is 81.5 cm³/mol. The highest BCUT2D eigenvalue weighted by atomic mass is 16.2. The van der Waals surface area contributed by atoms with Crippen molar-refractivity contribution in [2.24, 2.45) is 0 Å². The SMILES string of the molecule is Cc1cc2c3c(ccc4c3c1C(=O)N(C)C4=O)C(=O)N(C)C2=O. The van der Waals surface area contributed by atoms with Gasteiger partial charge in [-0.3, -0.25) is 29.0 Å². The van der Waals surface area contributed by atoms with Gasteiger partial charge in [-0.2, -0.15) is 0 Å². The van der Waals surface area contributed by atoms with E-state index in [0.29, 0.717) is 38.6 Å². The first kappa shape index (κ1) is 13.6. The molecule has 2 heterocycles. The van der Waals surface area contributed by atoms with Crippen molar-refractivity contribution in [3.05, 3.63) is 46.0 Å². The molecule has 6 heteroatoms. The molecule has 0 bridgehead atoms. The molecule has 0 spiro atoms. The first-order valence-corrected chi connectivity index (χ1v) is 7.09. The van der Waals surface area contributed by atoms with Crippen LogP contribution in [0.2, 0.25) is 0 Å². The van der Waals surface area contributed by atoms with E-state index >= 15 is 0 Å². The lowest BCUT2D eigenvalue weighted by Gasteiger charge is -2.30. The molecule has 6 nitrogen and oxygen atoms in total. The van der Waals surface area contributed by atoms with Crippen molar-refractivity contribution in [1.29, 1.82) is 0 Å². The van der Waals surface area contributed by atoms with E-state index in [9.17, 15) is 19.2 Å². The summed E-state index contributed by atoms with van der Waals surface area (Å²) in [7, 11) is 2.85. The summed E-state index contributed by atoms with van der Waals surface area (Å²) in [5, 5.41) is 0.825. The van der Waals surface area contributed by atoms with Crippen LogP contribution in [0.4, 0.5) is 0 Å². The van der Waals surface area contributed by atoms with Gasteiger partial charge in [0.15, 0.2) is 0 Å². The second-order valence-electron chi connectivity index (χ2n) is 5.87. The molecule has 2 aromatic rings. The molecule has 0 aliphatic carbocycles. The number of rotatable bonds is 0. The summed E-state index contributed by atoms with van der Waals surface area (Å²) in [4.78, 5) is 51.9. The molecule has 0 saturated carbocycles. The largest absolute Gasteiger partial charge is 0.277 e. The highest BCUT2D eigenvalue weighted by Gasteiger charge is 2.38. The van der Waals surface area contributed by atoms with Gasteiger partial charge in [0.25, 0.3) is 23.6 Å². The summed E-state index contributed by atoms with van der Waals surface area (Å²) >= 11 is 0. The summed E-state index contributed by atoms with van der Waals surface area (Å²) in [5.41, 5.74) is 2.03. The highest BCUT2D eigenvalue weighted by molar-refractivity contribution is 6.33. The lowest BCUT2D eigenvalue weighted by Crippen LogP contribution is -2.40. The van der Waals surface area contributed by atoms with Gasteiger partial charge in [-0.25, -0.2) is 0 Å². The van der Waals surface area contributed by atoms with E-state index in [1.807, 2.05) is 0 Å². The molecule has 0 radical (unpaired) electrons. The number of imide groups is 2. The van der Waals surface area contributed by atoms with Gasteiger partial charge in [0.05, 0.1) is 5.56 Å². The average Bonchev–Trinajstić information content (AvgIpc) is 2.54. The summed E-state index contributed by atoms with van der Waals surface area (Å²) in [6.07, 6.45) is 0. The van der Waals surface area contributed by atoms with Crippen LogP contribution in [0.25, 0.3) is 10.8 Å². The third kappa shape index (κ3) is 1.42. The third-order valence-corrected chi connectivity index (χ3v) is 4.60. The van der Waals surface area contributed by atoms with Crippen LogP contribution in [0.5, 0.6) is 0 Å². The van der Waals surface area contributed by atoms with Crippen molar-refractivity contribution < 1.29 is 19.2 Å². The van der Waals surface area contributed by atoms with Crippen molar-refractivity contribution in [1.82, 2.24) is 9.80 Å². The van der Waals surface area contributed by atoms with E-state index in [2.05, 4.69) is 0 Å². The number of carbonyl (C=O) groups excluding carboxylic acids is 4. The molecule has 0 unspecified atom stereocenters. The fraction of sp³-hybridized carbons (Fsp3) is 0.176. The Hall–Kier alpha value is -3.02. The maximum Gasteiger partial charge on any atom is 0.261 e. The van der Waals surface area contributed by atoms with Crippen LogP contribution < -0.4 is 0 Å². The van der Waals surface area contributed by atoms with E-state index in [-0.39, 0.29) is 0 Å². The van der Waals surface area contributed by atoms with Crippen molar-refractivity contribution >= 4 is 34.4 Å². The Morgan fingerprint density at radius 1 is 0.696 bits per heavy atom. The average molecular weight is 308 g/mol. The van der Waals surface area contributed by atoms with Crippen LogP contribution in [-0.2, 0) is 0 Å². The smallest absolute Gasteiger partial charge is 0.261 e. The minimum absolute atomic E-state index is 0.340. The molecule has 4 rings (SSSR count). The quantitative estimate of drug-likeness (QED) is 0.693. The van der Waals surface area contributed by atoms with E-state index in [1.54, 1.807) is 25.1 Å². The van der Waals surface area contributed by atoms with Gasteiger partial charge < -0.3 is 0 Å². The van der Waals surface area contributed by atoms with E-state index in [1.165, 1.54) is 14.1 Å². The maximum atomic E-state index is 12.5. The summed E-state index contributed by atoms with van der Waals surface area (Å²) in [5.74, 6) is -1.69. The highest BCUT2D eigenvalue weighted by Crippen LogP contribution is 2.38. The standard InChI is InChI=1S/C17H12N2O4/c1-7-6-10-12-8(14(20)18(2)16(10)22)4-5-9-13(12)11(7)17(23)19(3)15(9)21/h4-6H,1-3H3. The number of hydrogen-bond donors (Lipinski definition) is 0. The summed E-state index contributed by atoms with van der Waals surface area (Å²) < 4.78 is 0. The van der Waals surface area contributed by atoms with Crippen LogP contribution in [0.1, 0.15) is 47.0 Å². The van der Waals surface area contributed by atoms with Crippen LogP contribution in [0, 0.1) is 6.92 Å². The third-order valence-electron chi connectivity index (χ3n) is 4.60. The van der Waals surface area contributed by atoms with Gasteiger partial charge in [0.2, 0.25) is 0 Å². The molecule has 0 N–H and O–H groups in total. The van der Waals surface area contributed by atoms with E-state index < -0.39 is 23.6 Å². The first-order chi connectivity index (χ1) is 10.8. The van der Waals surface area contributed by atoms with Crippen molar-refractivity contribution in [2.45, 2.75) is 6.92 Å². The Morgan fingerprint density at radius 3 is 1.78 bits per heavy atom. The molecule has 114 valence electrons. The Balaban J connectivity index is 2.28. The van der Waals surface area contributed by atoms with Crippen LogP contribution in [-0.4, -0.2) is 47.5 Å². The van der Waals surface area contributed by atoms with Gasteiger partial charge in [0.1, 0.15) is 0 Å². The fourth-order valence-corrected chi connectivity index (χ4v) is 3.40. The zero-order chi connectivity index (χ0) is 16.6. The minimum Gasteiger partial charge on any atom is -0.277 e. The van der Waals surface area contributed by atoms with Crippen molar-refractivity contribution in [2.75, 3.05) is 14.1 Å². The monoisotopic (exact) mass is 308 g/mol. The van der Waals surface area contributed by atoms with Crippen molar-refractivity contribution in [3.63, 3.8) is 0 Å². The molecule has 0 saturated heterocycles. The molecular weight excluding hydrogens is 296 g/mol. The minimum atomic E-state index is -0.428. The molecule has 23 heavy (non-hydrogen) atoms. The molecule has 2 aromatic carbocycles. The first-order valence-electron chi connectivity index (χ1n) is 7.09. The second kappa shape index (κ2) is 4.04. The Labute approximate surface area is 131 Å². The number of benzene rings is 2. The second-order valence-corrected chi connectivity index (χ2v) is 5.87. The van der Waals surface area contributed by atoms with Crippen LogP contribution >= 0.6 is 0 Å². The lowest BCUT2D eigenvalue weighted by molar-refractivity contribution is 0.0629. The number of amides is 4. The zero-order valence-electron chi connectivity index (χ0n) is 12.8. The van der Waals surface area contributed by atoms with Crippen molar-refractivity contribution in [3.8, 4) is 0 Å². The number of carbonyl (C=O) groups is 4. The van der Waals surface area contributed by atoms with Crippen LogP contribution in [0.15, 0.2) is 18.2 Å². The number of nitrogens with zero attached hydrogens (tertiary/aromatic N) is 2. The maximum absolute atomic E-state index is 12.5. The number of hydrogen-bond acceptors (Lipinski definition) is 4. The molecule has 2 aliphatic heterocycles. The van der Waals surface area contributed by atoms with Gasteiger partial charge >= 0.3 is 0 Å². The Kier molecular flexibility index (Phi) is 2.39.